The van der Waals surface area contributed by atoms with Crippen molar-refractivity contribution in [1.29, 1.82) is 0 Å². The molecule has 2 rings (SSSR count). The lowest BCUT2D eigenvalue weighted by Gasteiger charge is -2.12. The summed E-state index contributed by atoms with van der Waals surface area (Å²) in [4.78, 5) is 22.5. The van der Waals surface area contributed by atoms with Crippen molar-refractivity contribution in [3.8, 4) is 11.5 Å². The number of hydrogen-bond acceptors (Lipinski definition) is 5. The van der Waals surface area contributed by atoms with Gasteiger partial charge in [0.25, 0.3) is 5.91 Å². The molecule has 1 fully saturated rings. The second-order valence-corrected chi connectivity index (χ2v) is 4.58. The van der Waals surface area contributed by atoms with Crippen molar-refractivity contribution in [2.75, 3.05) is 6.54 Å². The smallest absolute Gasteiger partial charge is 0.332 e. The summed E-state index contributed by atoms with van der Waals surface area (Å²) in [5, 5.41) is 29.8. The van der Waals surface area contributed by atoms with E-state index in [1.165, 1.54) is 12.1 Å². The highest BCUT2D eigenvalue weighted by Gasteiger charge is 2.30. The Morgan fingerprint density at radius 2 is 2.00 bits per heavy atom. The third-order valence-corrected chi connectivity index (χ3v) is 3.11. The van der Waals surface area contributed by atoms with Crippen LogP contribution in [-0.2, 0) is 9.53 Å². The van der Waals surface area contributed by atoms with Gasteiger partial charge in [0, 0.05) is 12.1 Å². The molecule has 1 aliphatic rings. The van der Waals surface area contributed by atoms with Gasteiger partial charge in [-0.15, -0.1) is 0 Å². The third kappa shape index (κ3) is 3.18. The van der Waals surface area contributed by atoms with Crippen molar-refractivity contribution in [1.82, 2.24) is 5.32 Å². The molecule has 0 radical (unpaired) electrons. The van der Waals surface area contributed by atoms with Crippen LogP contribution in [0.5, 0.6) is 11.5 Å². The molecular formula is C13H15NO6. The number of nitrogens with one attached hydrogen (secondary N) is 1. The number of carboxylic acids is 1. The number of benzene rings is 1. The molecule has 0 aromatic heterocycles. The normalized spacial score (nSPS) is 21.6. The molecule has 2 atom stereocenters. The van der Waals surface area contributed by atoms with Gasteiger partial charge in [0.2, 0.25) is 0 Å². The minimum Gasteiger partial charge on any atom is -0.504 e. The molecule has 4 N–H and O–H groups in total. The number of aromatic hydroxyl groups is 2. The molecule has 0 saturated carbocycles. The summed E-state index contributed by atoms with van der Waals surface area (Å²) in [6, 6.07) is 3.75. The summed E-state index contributed by atoms with van der Waals surface area (Å²) in [5.74, 6) is -2.10. The Morgan fingerprint density at radius 3 is 2.60 bits per heavy atom. The van der Waals surface area contributed by atoms with Crippen LogP contribution in [0.1, 0.15) is 23.2 Å². The molecule has 0 aliphatic carbocycles. The minimum atomic E-state index is -0.998. The molecule has 1 aromatic rings. The Balaban J connectivity index is 1.86. The summed E-state index contributed by atoms with van der Waals surface area (Å²) in [5.41, 5.74) is 0.202. The molecule has 1 heterocycles. The van der Waals surface area contributed by atoms with Gasteiger partial charge in [0.05, 0.1) is 6.10 Å². The Labute approximate surface area is 114 Å². The Bertz CT molecular complexity index is 530. The number of phenols is 2. The molecule has 20 heavy (non-hydrogen) atoms. The highest BCUT2D eigenvalue weighted by Crippen LogP contribution is 2.25. The van der Waals surface area contributed by atoms with E-state index in [1.807, 2.05) is 0 Å². The van der Waals surface area contributed by atoms with E-state index >= 15 is 0 Å². The third-order valence-electron chi connectivity index (χ3n) is 3.11. The number of ether oxygens (including phenoxy) is 1. The van der Waals surface area contributed by atoms with Gasteiger partial charge >= 0.3 is 5.97 Å². The number of hydrogen-bond donors (Lipinski definition) is 4. The molecule has 1 aromatic carbocycles. The number of carboxylic acid groups (broad SMARTS) is 1. The second kappa shape index (κ2) is 5.79. The zero-order valence-corrected chi connectivity index (χ0v) is 10.6. The highest BCUT2D eigenvalue weighted by atomic mass is 16.5. The molecule has 1 aliphatic heterocycles. The van der Waals surface area contributed by atoms with Crippen LogP contribution in [0, 0.1) is 0 Å². The maximum atomic E-state index is 11.8. The molecule has 108 valence electrons. The predicted octanol–water partition coefficient (Wildman–Crippen LogP) is 0.460. The van der Waals surface area contributed by atoms with Crippen LogP contribution in [0.3, 0.4) is 0 Å². The first kappa shape index (κ1) is 14.1. The Kier molecular flexibility index (Phi) is 4.09. The number of rotatable bonds is 4. The second-order valence-electron chi connectivity index (χ2n) is 4.58. The van der Waals surface area contributed by atoms with Crippen LogP contribution in [0.4, 0.5) is 0 Å². The van der Waals surface area contributed by atoms with Crippen molar-refractivity contribution >= 4 is 11.9 Å². The van der Waals surface area contributed by atoms with Crippen LogP contribution in [0.15, 0.2) is 18.2 Å². The van der Waals surface area contributed by atoms with E-state index in [9.17, 15) is 14.7 Å². The molecular weight excluding hydrogens is 266 g/mol. The maximum absolute atomic E-state index is 11.8. The molecule has 1 amide bonds. The predicted molar refractivity (Wildman–Crippen MR) is 67.6 cm³/mol. The first-order chi connectivity index (χ1) is 9.47. The van der Waals surface area contributed by atoms with Gasteiger partial charge in [-0.05, 0) is 31.0 Å². The molecule has 7 nitrogen and oxygen atoms in total. The van der Waals surface area contributed by atoms with Crippen molar-refractivity contribution in [3.05, 3.63) is 23.8 Å². The number of phenolic OH excluding ortho intramolecular Hbond substituents is 2. The molecule has 0 spiro atoms. The largest absolute Gasteiger partial charge is 0.504 e. The van der Waals surface area contributed by atoms with E-state index in [-0.39, 0.29) is 29.7 Å². The molecule has 2 unspecified atom stereocenters. The van der Waals surface area contributed by atoms with E-state index in [1.54, 1.807) is 0 Å². The molecule has 1 saturated heterocycles. The van der Waals surface area contributed by atoms with Crippen LogP contribution >= 0.6 is 0 Å². The van der Waals surface area contributed by atoms with Crippen molar-refractivity contribution in [2.24, 2.45) is 0 Å². The van der Waals surface area contributed by atoms with Gasteiger partial charge in [0.1, 0.15) is 0 Å². The monoisotopic (exact) mass is 281 g/mol. The van der Waals surface area contributed by atoms with Gasteiger partial charge in [-0.1, -0.05) is 0 Å². The van der Waals surface area contributed by atoms with E-state index in [4.69, 9.17) is 14.9 Å². The van der Waals surface area contributed by atoms with Crippen molar-refractivity contribution in [2.45, 2.75) is 25.0 Å². The molecule has 7 heteroatoms. The lowest BCUT2D eigenvalue weighted by Crippen LogP contribution is -2.33. The van der Waals surface area contributed by atoms with E-state index < -0.39 is 18.0 Å². The number of carbonyl (C=O) groups is 2. The fraction of sp³-hybridized carbons (Fsp3) is 0.385. The lowest BCUT2D eigenvalue weighted by molar-refractivity contribution is -0.149. The Morgan fingerprint density at radius 1 is 1.25 bits per heavy atom. The number of aliphatic carboxylic acids is 1. The standard InChI is InChI=1S/C13H15NO6/c15-9-3-1-7(5-10(9)16)12(17)14-6-8-2-4-11(20-8)13(18)19/h1,3,5,8,11,15-16H,2,4,6H2,(H,14,17)(H,18,19). The van der Waals surface area contributed by atoms with Crippen LogP contribution in [0.2, 0.25) is 0 Å². The zero-order chi connectivity index (χ0) is 14.7. The Hall–Kier alpha value is -2.28. The van der Waals surface area contributed by atoms with E-state index in [0.29, 0.717) is 12.8 Å². The van der Waals surface area contributed by atoms with Crippen molar-refractivity contribution < 1.29 is 29.6 Å². The fourth-order valence-electron chi connectivity index (χ4n) is 2.01. The summed E-state index contributed by atoms with van der Waals surface area (Å²) < 4.78 is 5.25. The van der Waals surface area contributed by atoms with Crippen molar-refractivity contribution in [3.63, 3.8) is 0 Å². The van der Waals surface area contributed by atoms with Gasteiger partial charge < -0.3 is 25.4 Å². The summed E-state index contributed by atoms with van der Waals surface area (Å²) >= 11 is 0. The lowest BCUT2D eigenvalue weighted by atomic mass is 10.1. The van der Waals surface area contributed by atoms with Gasteiger partial charge in [-0.25, -0.2) is 4.79 Å². The maximum Gasteiger partial charge on any atom is 0.332 e. The van der Waals surface area contributed by atoms with Crippen LogP contribution in [-0.4, -0.2) is 45.9 Å². The minimum absolute atomic E-state index is 0.199. The van der Waals surface area contributed by atoms with Gasteiger partial charge in [0.15, 0.2) is 17.6 Å². The summed E-state index contributed by atoms with van der Waals surface area (Å²) in [6.07, 6.45) is -0.145. The van der Waals surface area contributed by atoms with E-state index in [0.717, 1.165) is 6.07 Å². The summed E-state index contributed by atoms with van der Waals surface area (Å²) in [7, 11) is 0. The van der Waals surface area contributed by atoms with Crippen LogP contribution in [0.25, 0.3) is 0 Å². The number of amides is 1. The zero-order valence-electron chi connectivity index (χ0n) is 10.6. The average molecular weight is 281 g/mol. The number of carbonyl (C=O) groups excluding carboxylic acids is 1. The SMILES string of the molecule is O=C(NCC1CCC(C(=O)O)O1)c1ccc(O)c(O)c1. The summed E-state index contributed by atoms with van der Waals surface area (Å²) in [6.45, 7) is 0.199. The van der Waals surface area contributed by atoms with Gasteiger partial charge in [-0.2, -0.15) is 0 Å². The fourth-order valence-corrected chi connectivity index (χ4v) is 2.01. The first-order valence-electron chi connectivity index (χ1n) is 6.16. The van der Waals surface area contributed by atoms with Crippen LogP contribution < -0.4 is 5.32 Å². The van der Waals surface area contributed by atoms with Gasteiger partial charge in [-0.3, -0.25) is 4.79 Å². The first-order valence-corrected chi connectivity index (χ1v) is 6.16. The highest BCUT2D eigenvalue weighted by molar-refractivity contribution is 5.94. The topological polar surface area (TPSA) is 116 Å². The van der Waals surface area contributed by atoms with E-state index in [2.05, 4.69) is 5.32 Å². The molecule has 0 bridgehead atoms. The average Bonchev–Trinajstić information content (AvgIpc) is 2.88. The quantitative estimate of drug-likeness (QED) is 0.596.